The second-order valence-corrected chi connectivity index (χ2v) is 8.64. The quantitative estimate of drug-likeness (QED) is 0.775. The van der Waals surface area contributed by atoms with Crippen LogP contribution in [0.4, 0.5) is 0 Å². The van der Waals surface area contributed by atoms with Gasteiger partial charge >= 0.3 is 0 Å². The molecule has 1 aromatic heterocycles. The van der Waals surface area contributed by atoms with Crippen molar-refractivity contribution in [2.75, 3.05) is 19.6 Å². The van der Waals surface area contributed by atoms with E-state index in [2.05, 4.69) is 5.32 Å². The smallest absolute Gasteiger partial charge is 0.259 e. The van der Waals surface area contributed by atoms with E-state index in [1.54, 1.807) is 17.3 Å². The lowest BCUT2D eigenvalue weighted by molar-refractivity contribution is 0.0722. The van der Waals surface area contributed by atoms with Crippen molar-refractivity contribution in [2.24, 2.45) is 0 Å². The molecular weight excluding hydrogens is 390 g/mol. The number of pyridine rings is 1. The van der Waals surface area contributed by atoms with Gasteiger partial charge in [0, 0.05) is 38.1 Å². The molecule has 1 N–H and O–H groups in total. The second-order valence-electron chi connectivity index (χ2n) is 8.64. The minimum absolute atomic E-state index is 0.0721. The molecule has 0 bridgehead atoms. The summed E-state index contributed by atoms with van der Waals surface area (Å²) < 4.78 is 1.94. The Bertz CT molecular complexity index is 971. The van der Waals surface area contributed by atoms with Crippen LogP contribution in [-0.4, -0.2) is 40.9 Å². The van der Waals surface area contributed by atoms with E-state index in [4.69, 9.17) is 0 Å². The Morgan fingerprint density at radius 1 is 0.903 bits per heavy atom. The third-order valence-corrected chi connectivity index (χ3v) is 6.45. The van der Waals surface area contributed by atoms with Gasteiger partial charge in [-0.25, -0.2) is 0 Å². The molecular formula is C25H31N3O3. The molecule has 1 saturated heterocycles. The Kier molecular flexibility index (Phi) is 6.85. The summed E-state index contributed by atoms with van der Waals surface area (Å²) in [6.45, 7) is 1.79. The number of nitrogens with zero attached hydrogens (tertiary/aromatic N) is 2. The van der Waals surface area contributed by atoms with E-state index in [1.807, 2.05) is 34.9 Å². The average Bonchev–Trinajstić information content (AvgIpc) is 3.35. The maximum atomic E-state index is 13.2. The molecule has 0 unspecified atom stereocenters. The Labute approximate surface area is 183 Å². The number of piperidine rings is 1. The summed E-state index contributed by atoms with van der Waals surface area (Å²) in [4.78, 5) is 41.0. The molecule has 0 atom stereocenters. The van der Waals surface area contributed by atoms with Crippen molar-refractivity contribution < 1.29 is 9.59 Å². The summed E-state index contributed by atoms with van der Waals surface area (Å²) in [5.41, 5.74) is 0.870. The minimum Gasteiger partial charge on any atom is -0.352 e. The topological polar surface area (TPSA) is 71.4 Å². The molecule has 1 aliphatic heterocycles. The predicted molar refractivity (Wildman–Crippen MR) is 120 cm³/mol. The third kappa shape index (κ3) is 5.06. The fourth-order valence-electron chi connectivity index (χ4n) is 4.65. The molecule has 6 nitrogen and oxygen atoms in total. The summed E-state index contributed by atoms with van der Waals surface area (Å²) >= 11 is 0. The molecule has 1 aliphatic carbocycles. The number of nitrogens with one attached hydrogen (secondary N) is 1. The van der Waals surface area contributed by atoms with Gasteiger partial charge in [-0.2, -0.15) is 0 Å². The van der Waals surface area contributed by atoms with Gasteiger partial charge in [0.2, 0.25) is 5.43 Å². The van der Waals surface area contributed by atoms with Crippen LogP contribution in [0.15, 0.2) is 47.5 Å². The number of hydrogen-bond donors (Lipinski definition) is 1. The fourth-order valence-corrected chi connectivity index (χ4v) is 4.65. The molecule has 31 heavy (non-hydrogen) atoms. The van der Waals surface area contributed by atoms with Crippen LogP contribution in [0.2, 0.25) is 0 Å². The molecule has 164 valence electrons. The van der Waals surface area contributed by atoms with E-state index in [0.29, 0.717) is 26.1 Å². The van der Waals surface area contributed by atoms with E-state index >= 15 is 0 Å². The normalized spacial score (nSPS) is 17.0. The van der Waals surface area contributed by atoms with E-state index in [1.165, 1.54) is 0 Å². The lowest BCUT2D eigenvalue weighted by Crippen LogP contribution is -2.40. The van der Waals surface area contributed by atoms with Gasteiger partial charge in [-0.1, -0.05) is 43.2 Å². The van der Waals surface area contributed by atoms with Crippen molar-refractivity contribution in [3.05, 3.63) is 69.6 Å². The van der Waals surface area contributed by atoms with Gasteiger partial charge in [-0.05, 0) is 44.1 Å². The molecule has 6 heteroatoms. The zero-order chi connectivity index (χ0) is 21.6. The van der Waals surface area contributed by atoms with Crippen molar-refractivity contribution >= 4 is 11.8 Å². The summed E-state index contributed by atoms with van der Waals surface area (Å²) in [7, 11) is 0. The minimum atomic E-state index is -0.456. The number of rotatable bonds is 6. The van der Waals surface area contributed by atoms with Crippen molar-refractivity contribution in [1.82, 2.24) is 14.8 Å². The average molecular weight is 422 g/mol. The van der Waals surface area contributed by atoms with Gasteiger partial charge in [0.25, 0.3) is 11.8 Å². The van der Waals surface area contributed by atoms with Gasteiger partial charge in [0.1, 0.15) is 11.1 Å². The van der Waals surface area contributed by atoms with Gasteiger partial charge < -0.3 is 14.8 Å². The number of carbonyl (C=O) groups excluding carboxylic acids is 2. The third-order valence-electron chi connectivity index (χ3n) is 6.45. The number of aromatic nitrogens is 1. The highest BCUT2D eigenvalue weighted by molar-refractivity contribution is 5.99. The molecule has 4 rings (SSSR count). The molecule has 1 aromatic carbocycles. The number of carbonyl (C=O) groups is 2. The zero-order valence-electron chi connectivity index (χ0n) is 18.0. The van der Waals surface area contributed by atoms with Crippen molar-refractivity contribution in [3.63, 3.8) is 0 Å². The molecule has 2 heterocycles. The van der Waals surface area contributed by atoms with Gasteiger partial charge in [-0.15, -0.1) is 0 Å². The zero-order valence-corrected chi connectivity index (χ0v) is 18.0. The highest BCUT2D eigenvalue weighted by Crippen LogP contribution is 2.29. The second kappa shape index (κ2) is 9.94. The van der Waals surface area contributed by atoms with Crippen LogP contribution in [0.25, 0.3) is 0 Å². The molecule has 2 aromatic rings. The van der Waals surface area contributed by atoms with Crippen LogP contribution in [0, 0.1) is 0 Å². The Hall–Kier alpha value is -2.89. The number of likely N-dealkylation sites (tertiary alicyclic amines) is 1. The molecule has 2 aliphatic rings. The largest absolute Gasteiger partial charge is 0.352 e. The molecule has 2 fully saturated rings. The van der Waals surface area contributed by atoms with Crippen LogP contribution in [0.1, 0.15) is 77.3 Å². The van der Waals surface area contributed by atoms with E-state index in [0.717, 1.165) is 50.5 Å². The van der Waals surface area contributed by atoms with E-state index in [-0.39, 0.29) is 23.1 Å². The molecule has 1 saturated carbocycles. The predicted octanol–water partition coefficient (Wildman–Crippen LogP) is 3.56. The fraction of sp³-hybridized carbons (Fsp3) is 0.480. The first-order chi connectivity index (χ1) is 15.1. The monoisotopic (exact) mass is 421 g/mol. The number of hydrogen-bond acceptors (Lipinski definition) is 3. The first kappa shape index (κ1) is 21.3. The van der Waals surface area contributed by atoms with Crippen molar-refractivity contribution in [1.29, 1.82) is 0 Å². The number of benzene rings is 1. The lowest BCUT2D eigenvalue weighted by Gasteiger charge is -2.27. The SMILES string of the molecule is O=C(NCCc1ccccc1)c1cn(C2CCCC2)cc(C(=O)N2CCCCC2)c1=O. The van der Waals surface area contributed by atoms with Crippen molar-refractivity contribution in [2.45, 2.75) is 57.4 Å². The molecule has 0 radical (unpaired) electrons. The van der Waals surface area contributed by atoms with Crippen LogP contribution >= 0.6 is 0 Å². The summed E-state index contributed by atoms with van der Waals surface area (Å²) in [6, 6.07) is 10.1. The van der Waals surface area contributed by atoms with Crippen molar-refractivity contribution in [3.8, 4) is 0 Å². The van der Waals surface area contributed by atoms with Crippen LogP contribution < -0.4 is 10.7 Å². The summed E-state index contributed by atoms with van der Waals surface area (Å²) in [5.74, 6) is -0.642. The highest BCUT2D eigenvalue weighted by Gasteiger charge is 2.26. The Morgan fingerprint density at radius 3 is 2.29 bits per heavy atom. The highest BCUT2D eigenvalue weighted by atomic mass is 16.2. The van der Waals surface area contributed by atoms with Gasteiger partial charge in [0.05, 0.1) is 0 Å². The standard InChI is InChI=1S/C25H31N3O3/c29-23-21(24(30)26-14-13-19-9-3-1-4-10-19)17-28(20-11-5-6-12-20)18-22(23)25(31)27-15-7-2-8-16-27/h1,3-4,9-10,17-18,20H,2,5-8,11-16H2,(H,26,30). The van der Waals surface area contributed by atoms with Crippen LogP contribution in [0.5, 0.6) is 0 Å². The summed E-state index contributed by atoms with van der Waals surface area (Å²) in [5, 5.41) is 2.87. The van der Waals surface area contributed by atoms with E-state index < -0.39 is 11.3 Å². The van der Waals surface area contributed by atoms with Gasteiger partial charge in [0.15, 0.2) is 0 Å². The Balaban J connectivity index is 1.57. The number of amides is 2. The van der Waals surface area contributed by atoms with E-state index in [9.17, 15) is 14.4 Å². The first-order valence-corrected chi connectivity index (χ1v) is 11.5. The molecule has 2 amide bonds. The maximum absolute atomic E-state index is 13.2. The summed E-state index contributed by atoms with van der Waals surface area (Å²) in [6.07, 6.45) is 11.3. The lowest BCUT2D eigenvalue weighted by atomic mass is 10.1. The van der Waals surface area contributed by atoms with Gasteiger partial charge in [-0.3, -0.25) is 14.4 Å². The van der Waals surface area contributed by atoms with Crippen LogP contribution in [0.3, 0.4) is 0 Å². The first-order valence-electron chi connectivity index (χ1n) is 11.5. The van der Waals surface area contributed by atoms with Crippen LogP contribution in [-0.2, 0) is 6.42 Å². The molecule has 0 spiro atoms. The maximum Gasteiger partial charge on any atom is 0.259 e. The Morgan fingerprint density at radius 2 is 1.58 bits per heavy atom.